The molecule has 2 N–H and O–H groups in total. The molecule has 2 fully saturated rings. The highest BCUT2D eigenvalue weighted by molar-refractivity contribution is 5.95. The van der Waals surface area contributed by atoms with Gasteiger partial charge < -0.3 is 25.3 Å². The molecule has 0 aromatic heterocycles. The monoisotopic (exact) mass is 505 g/mol. The van der Waals surface area contributed by atoms with Crippen LogP contribution in [0.15, 0.2) is 48.5 Å². The minimum absolute atomic E-state index is 0.0149. The molecule has 0 spiro atoms. The zero-order valence-electron chi connectivity index (χ0n) is 22.2. The molecule has 0 unspecified atom stereocenters. The van der Waals surface area contributed by atoms with Gasteiger partial charge in [-0.1, -0.05) is 30.5 Å². The molecule has 1 saturated heterocycles. The molecule has 2 aromatic rings. The molecule has 2 aliphatic rings. The van der Waals surface area contributed by atoms with E-state index in [0.717, 1.165) is 55.7 Å². The Morgan fingerprint density at radius 1 is 0.865 bits per heavy atom. The molecular weight excluding hydrogens is 466 g/mol. The van der Waals surface area contributed by atoms with Crippen molar-refractivity contribution in [3.8, 4) is 0 Å². The number of anilines is 3. The molecule has 8 heteroatoms. The Kier molecular flexibility index (Phi) is 8.69. The van der Waals surface area contributed by atoms with E-state index in [0.29, 0.717) is 18.8 Å². The van der Waals surface area contributed by atoms with Gasteiger partial charge in [-0.25, -0.2) is 4.79 Å². The summed E-state index contributed by atoms with van der Waals surface area (Å²) in [5.41, 5.74) is 3.72. The highest BCUT2D eigenvalue weighted by Crippen LogP contribution is 2.27. The van der Waals surface area contributed by atoms with Gasteiger partial charge in [-0.2, -0.15) is 0 Å². The summed E-state index contributed by atoms with van der Waals surface area (Å²) in [5.74, 6) is -0.0191. The molecule has 198 valence electrons. The van der Waals surface area contributed by atoms with E-state index in [1.54, 1.807) is 4.90 Å². The van der Waals surface area contributed by atoms with Crippen LogP contribution in [0, 0.1) is 12.8 Å². The van der Waals surface area contributed by atoms with Gasteiger partial charge in [0.15, 0.2) is 0 Å². The van der Waals surface area contributed by atoms with Crippen LogP contribution in [0.5, 0.6) is 0 Å². The largest absolute Gasteiger partial charge is 0.368 e. The SMILES string of the molecule is Cc1ccc(NC(=O)N2CCN(c3ccc(NC(=O)CN(C(=O)C4CCCC4)C(C)C)cc3)CC2)cc1. The van der Waals surface area contributed by atoms with Crippen LogP contribution in [-0.2, 0) is 9.59 Å². The average molecular weight is 506 g/mol. The number of piperazine rings is 1. The third kappa shape index (κ3) is 7.02. The summed E-state index contributed by atoms with van der Waals surface area (Å²) in [6.07, 6.45) is 4.04. The van der Waals surface area contributed by atoms with Crippen molar-refractivity contribution in [1.29, 1.82) is 0 Å². The lowest BCUT2D eigenvalue weighted by atomic mass is 10.1. The number of hydrogen-bond donors (Lipinski definition) is 2. The summed E-state index contributed by atoms with van der Waals surface area (Å²) >= 11 is 0. The zero-order valence-corrected chi connectivity index (χ0v) is 22.2. The first-order valence-electron chi connectivity index (χ1n) is 13.4. The molecule has 37 heavy (non-hydrogen) atoms. The van der Waals surface area contributed by atoms with Gasteiger partial charge in [0.05, 0.1) is 0 Å². The predicted octanol–water partition coefficient (Wildman–Crippen LogP) is 4.71. The Morgan fingerprint density at radius 3 is 2.03 bits per heavy atom. The van der Waals surface area contributed by atoms with Gasteiger partial charge in [-0.15, -0.1) is 0 Å². The van der Waals surface area contributed by atoms with Crippen molar-refractivity contribution in [2.45, 2.75) is 52.5 Å². The number of benzene rings is 2. The van der Waals surface area contributed by atoms with Crippen LogP contribution in [0.2, 0.25) is 0 Å². The number of carbonyl (C=O) groups excluding carboxylic acids is 3. The van der Waals surface area contributed by atoms with Gasteiger partial charge in [0, 0.05) is 55.2 Å². The molecule has 0 radical (unpaired) electrons. The first kappa shape index (κ1) is 26.5. The topological polar surface area (TPSA) is 85.0 Å². The van der Waals surface area contributed by atoms with Crippen LogP contribution in [0.4, 0.5) is 21.9 Å². The quantitative estimate of drug-likeness (QED) is 0.571. The molecule has 4 rings (SSSR count). The number of nitrogens with zero attached hydrogens (tertiary/aromatic N) is 3. The molecule has 8 nitrogen and oxygen atoms in total. The third-order valence-corrected chi connectivity index (χ3v) is 7.31. The summed E-state index contributed by atoms with van der Waals surface area (Å²) < 4.78 is 0. The number of hydrogen-bond acceptors (Lipinski definition) is 4. The Hall–Kier alpha value is -3.55. The van der Waals surface area contributed by atoms with Crippen molar-refractivity contribution < 1.29 is 14.4 Å². The molecule has 4 amide bonds. The molecule has 1 aliphatic heterocycles. The predicted molar refractivity (Wildman–Crippen MR) is 148 cm³/mol. The van der Waals surface area contributed by atoms with Crippen LogP contribution in [0.3, 0.4) is 0 Å². The summed E-state index contributed by atoms with van der Waals surface area (Å²) in [6.45, 7) is 8.75. The second-order valence-corrected chi connectivity index (χ2v) is 10.4. The van der Waals surface area contributed by atoms with E-state index in [2.05, 4.69) is 15.5 Å². The van der Waals surface area contributed by atoms with Crippen LogP contribution in [0.25, 0.3) is 0 Å². The second kappa shape index (κ2) is 12.1. The lowest BCUT2D eigenvalue weighted by Crippen LogP contribution is -2.50. The maximum atomic E-state index is 12.9. The maximum absolute atomic E-state index is 12.9. The van der Waals surface area contributed by atoms with Crippen molar-refractivity contribution in [3.05, 3.63) is 54.1 Å². The number of urea groups is 1. The summed E-state index contributed by atoms with van der Waals surface area (Å²) in [5, 5.41) is 5.90. The third-order valence-electron chi connectivity index (χ3n) is 7.31. The van der Waals surface area contributed by atoms with E-state index >= 15 is 0 Å². The van der Waals surface area contributed by atoms with E-state index in [9.17, 15) is 14.4 Å². The first-order chi connectivity index (χ1) is 17.8. The van der Waals surface area contributed by atoms with Gasteiger partial charge in [-0.05, 0) is 70.0 Å². The Morgan fingerprint density at radius 2 is 1.43 bits per heavy atom. The van der Waals surface area contributed by atoms with Crippen molar-refractivity contribution >= 4 is 34.9 Å². The van der Waals surface area contributed by atoms with Crippen molar-refractivity contribution in [2.75, 3.05) is 48.3 Å². The van der Waals surface area contributed by atoms with Crippen molar-refractivity contribution in [3.63, 3.8) is 0 Å². The minimum atomic E-state index is -0.180. The molecule has 2 aromatic carbocycles. The number of amides is 4. The van der Waals surface area contributed by atoms with E-state index in [1.807, 2.05) is 74.2 Å². The normalized spacial score (nSPS) is 16.1. The second-order valence-electron chi connectivity index (χ2n) is 10.4. The Bertz CT molecular complexity index is 1070. The smallest absolute Gasteiger partial charge is 0.321 e. The molecule has 1 heterocycles. The van der Waals surface area contributed by atoms with Gasteiger partial charge >= 0.3 is 6.03 Å². The fraction of sp³-hybridized carbons (Fsp3) is 0.483. The van der Waals surface area contributed by atoms with Crippen molar-refractivity contribution in [2.24, 2.45) is 5.92 Å². The highest BCUT2D eigenvalue weighted by atomic mass is 16.2. The van der Waals surface area contributed by atoms with Crippen LogP contribution in [-0.4, -0.2) is 66.4 Å². The molecular formula is C29H39N5O3. The first-order valence-corrected chi connectivity index (χ1v) is 13.4. The van der Waals surface area contributed by atoms with E-state index in [4.69, 9.17) is 0 Å². The number of rotatable bonds is 7. The molecule has 0 bridgehead atoms. The molecule has 1 aliphatic carbocycles. The van der Waals surface area contributed by atoms with Gasteiger partial charge in [0.25, 0.3) is 0 Å². The molecule has 0 atom stereocenters. The summed E-state index contributed by atoms with van der Waals surface area (Å²) in [6, 6.07) is 15.5. The van der Waals surface area contributed by atoms with Gasteiger partial charge in [0.1, 0.15) is 6.54 Å². The van der Waals surface area contributed by atoms with E-state index < -0.39 is 0 Å². The van der Waals surface area contributed by atoms with Crippen LogP contribution < -0.4 is 15.5 Å². The van der Waals surface area contributed by atoms with E-state index in [1.165, 1.54) is 0 Å². The lowest BCUT2D eigenvalue weighted by Gasteiger charge is -2.36. The maximum Gasteiger partial charge on any atom is 0.321 e. The average Bonchev–Trinajstić information content (AvgIpc) is 3.44. The van der Waals surface area contributed by atoms with E-state index in [-0.39, 0.29) is 36.3 Å². The summed E-state index contributed by atoms with van der Waals surface area (Å²) in [7, 11) is 0. The van der Waals surface area contributed by atoms with Gasteiger partial charge in [-0.3, -0.25) is 9.59 Å². The summed E-state index contributed by atoms with van der Waals surface area (Å²) in [4.78, 5) is 44.0. The number of aryl methyl sites for hydroxylation is 1. The minimum Gasteiger partial charge on any atom is -0.368 e. The lowest BCUT2D eigenvalue weighted by molar-refractivity contribution is -0.140. The Balaban J connectivity index is 1.25. The number of nitrogens with one attached hydrogen (secondary N) is 2. The number of carbonyl (C=O) groups is 3. The van der Waals surface area contributed by atoms with Crippen LogP contribution in [0.1, 0.15) is 45.1 Å². The fourth-order valence-electron chi connectivity index (χ4n) is 5.04. The Labute approximate surface area is 220 Å². The molecule has 1 saturated carbocycles. The fourth-order valence-corrected chi connectivity index (χ4v) is 5.04. The standard InChI is InChI=1S/C29H39N5O3/c1-21(2)34(28(36)23-6-4-5-7-23)20-27(35)30-24-12-14-26(15-13-24)32-16-18-33(19-17-32)29(37)31-25-10-8-22(3)9-11-25/h8-15,21,23H,4-7,16-20H2,1-3H3,(H,30,35)(H,31,37). The van der Waals surface area contributed by atoms with Crippen molar-refractivity contribution in [1.82, 2.24) is 9.80 Å². The zero-order chi connectivity index (χ0) is 26.4. The highest BCUT2D eigenvalue weighted by Gasteiger charge is 2.30. The van der Waals surface area contributed by atoms with Crippen LogP contribution >= 0.6 is 0 Å². The van der Waals surface area contributed by atoms with Gasteiger partial charge in [0.2, 0.25) is 11.8 Å².